The lowest BCUT2D eigenvalue weighted by molar-refractivity contribution is -0.275. The number of halogens is 7. The molecule has 1 aromatic rings. The highest BCUT2D eigenvalue weighted by Crippen LogP contribution is 2.39. The summed E-state index contributed by atoms with van der Waals surface area (Å²) in [4.78, 5) is 3.18. The van der Waals surface area contributed by atoms with Gasteiger partial charge >= 0.3 is 6.36 Å². The molecule has 0 amide bonds. The Balaban J connectivity index is 3.19. The molecule has 0 bridgehead atoms. The molecule has 0 saturated carbocycles. The van der Waals surface area contributed by atoms with Crippen molar-refractivity contribution in [1.82, 2.24) is 4.98 Å². The SMILES string of the molecule is FC(F)c1c(Cl)ncc(OC(F)(F)F)c1Br. The van der Waals surface area contributed by atoms with Crippen molar-refractivity contribution in [2.24, 2.45) is 0 Å². The summed E-state index contributed by atoms with van der Waals surface area (Å²) in [6.07, 6.45) is -7.45. The van der Waals surface area contributed by atoms with Crippen LogP contribution in [-0.2, 0) is 0 Å². The van der Waals surface area contributed by atoms with Gasteiger partial charge in [-0.1, -0.05) is 11.6 Å². The zero-order valence-electron chi connectivity index (χ0n) is 7.16. The van der Waals surface area contributed by atoms with Crippen molar-refractivity contribution in [3.8, 4) is 5.75 Å². The molecule has 9 heteroatoms. The van der Waals surface area contributed by atoms with E-state index in [9.17, 15) is 22.0 Å². The number of alkyl halides is 5. The average Bonchev–Trinajstić information content (AvgIpc) is 2.07. The Labute approximate surface area is 99.5 Å². The number of pyridine rings is 1. The fourth-order valence-corrected chi connectivity index (χ4v) is 1.73. The Morgan fingerprint density at radius 1 is 1.38 bits per heavy atom. The normalized spacial score (nSPS) is 12.0. The maximum Gasteiger partial charge on any atom is 0.573 e. The molecule has 0 unspecified atom stereocenters. The van der Waals surface area contributed by atoms with Gasteiger partial charge in [0.2, 0.25) is 0 Å². The standard InChI is InChI=1S/C7H2BrClF5NO/c8-4-2(16-7(12,13)14)1-15-5(9)3(4)6(10)11/h1,6H. The van der Waals surface area contributed by atoms with Crippen LogP contribution >= 0.6 is 27.5 Å². The molecule has 1 heterocycles. The molecule has 0 saturated heterocycles. The van der Waals surface area contributed by atoms with Gasteiger partial charge in [0.1, 0.15) is 5.15 Å². The minimum atomic E-state index is -4.99. The largest absolute Gasteiger partial charge is 0.573 e. The average molecular weight is 326 g/mol. The van der Waals surface area contributed by atoms with Crippen LogP contribution in [0.4, 0.5) is 22.0 Å². The van der Waals surface area contributed by atoms with Gasteiger partial charge in [0.05, 0.1) is 16.2 Å². The molecule has 0 spiro atoms. The summed E-state index contributed by atoms with van der Waals surface area (Å²) in [5, 5.41) is -0.587. The maximum atomic E-state index is 12.4. The van der Waals surface area contributed by atoms with E-state index in [4.69, 9.17) is 11.6 Å². The van der Waals surface area contributed by atoms with E-state index < -0.39 is 33.7 Å². The molecule has 16 heavy (non-hydrogen) atoms. The summed E-state index contributed by atoms with van der Waals surface area (Å²) in [5.74, 6) is -0.868. The Bertz CT molecular complexity index is 397. The topological polar surface area (TPSA) is 22.1 Å². The van der Waals surface area contributed by atoms with E-state index in [1.165, 1.54) is 0 Å². The summed E-state index contributed by atoms with van der Waals surface area (Å²) in [6, 6.07) is 0. The number of hydrogen-bond donors (Lipinski definition) is 0. The molecule has 90 valence electrons. The van der Waals surface area contributed by atoms with Gasteiger partial charge in [-0.05, 0) is 15.9 Å². The third kappa shape index (κ3) is 3.18. The zero-order valence-corrected chi connectivity index (χ0v) is 9.50. The van der Waals surface area contributed by atoms with Crippen LogP contribution in [0.1, 0.15) is 12.0 Å². The van der Waals surface area contributed by atoms with Crippen molar-refractivity contribution < 1.29 is 26.7 Å². The Hall–Kier alpha value is -0.630. The van der Waals surface area contributed by atoms with E-state index in [-0.39, 0.29) is 0 Å². The lowest BCUT2D eigenvalue weighted by atomic mass is 10.3. The first-order valence-electron chi connectivity index (χ1n) is 3.60. The van der Waals surface area contributed by atoms with Crippen LogP contribution in [0.5, 0.6) is 5.75 Å². The van der Waals surface area contributed by atoms with E-state index in [1.807, 2.05) is 0 Å². The van der Waals surface area contributed by atoms with Gasteiger partial charge in [-0.3, -0.25) is 0 Å². The third-order valence-electron chi connectivity index (χ3n) is 1.41. The summed E-state index contributed by atoms with van der Waals surface area (Å²) >= 11 is 7.87. The van der Waals surface area contributed by atoms with Gasteiger partial charge in [-0.2, -0.15) is 0 Å². The molecular weight excluding hydrogens is 324 g/mol. The Morgan fingerprint density at radius 2 is 1.94 bits per heavy atom. The van der Waals surface area contributed by atoms with Gasteiger partial charge in [0, 0.05) is 0 Å². The lowest BCUT2D eigenvalue weighted by Gasteiger charge is -2.13. The fourth-order valence-electron chi connectivity index (χ4n) is 0.846. The number of aromatic nitrogens is 1. The maximum absolute atomic E-state index is 12.4. The van der Waals surface area contributed by atoms with Crippen LogP contribution in [0.2, 0.25) is 5.15 Å². The lowest BCUT2D eigenvalue weighted by Crippen LogP contribution is -2.18. The summed E-state index contributed by atoms with van der Waals surface area (Å²) in [5.41, 5.74) is -0.844. The van der Waals surface area contributed by atoms with Gasteiger partial charge < -0.3 is 4.74 Å². The number of ether oxygens (including phenoxy) is 1. The Kier molecular flexibility index (Phi) is 3.95. The van der Waals surface area contributed by atoms with E-state index in [0.717, 1.165) is 0 Å². The van der Waals surface area contributed by atoms with Crippen molar-refractivity contribution >= 4 is 27.5 Å². The summed E-state index contributed by atoms with van der Waals surface area (Å²) in [6.45, 7) is 0. The summed E-state index contributed by atoms with van der Waals surface area (Å²) in [7, 11) is 0. The van der Waals surface area contributed by atoms with Crippen LogP contribution in [-0.4, -0.2) is 11.3 Å². The molecule has 1 aromatic heterocycles. The third-order valence-corrected chi connectivity index (χ3v) is 2.53. The van der Waals surface area contributed by atoms with E-state index >= 15 is 0 Å². The molecule has 0 radical (unpaired) electrons. The second kappa shape index (κ2) is 4.70. The highest BCUT2D eigenvalue weighted by molar-refractivity contribution is 9.10. The highest BCUT2D eigenvalue weighted by Gasteiger charge is 2.33. The molecule has 0 fully saturated rings. The molecule has 0 atom stereocenters. The molecule has 1 rings (SSSR count). The zero-order chi connectivity index (χ0) is 12.5. The molecule has 0 aliphatic rings. The molecule has 0 aliphatic heterocycles. The van der Waals surface area contributed by atoms with Crippen molar-refractivity contribution in [2.45, 2.75) is 12.8 Å². The van der Waals surface area contributed by atoms with Crippen LogP contribution in [0.3, 0.4) is 0 Å². The quantitative estimate of drug-likeness (QED) is 0.596. The van der Waals surface area contributed by atoms with Crippen molar-refractivity contribution in [2.75, 3.05) is 0 Å². The van der Waals surface area contributed by atoms with Crippen molar-refractivity contribution in [1.29, 1.82) is 0 Å². The van der Waals surface area contributed by atoms with Crippen LogP contribution < -0.4 is 4.74 Å². The van der Waals surface area contributed by atoms with Gasteiger partial charge in [-0.25, -0.2) is 13.8 Å². The van der Waals surface area contributed by atoms with Crippen LogP contribution in [0.15, 0.2) is 10.7 Å². The van der Waals surface area contributed by atoms with Crippen molar-refractivity contribution in [3.05, 3.63) is 21.4 Å². The predicted molar refractivity (Wildman–Crippen MR) is 48.6 cm³/mol. The van der Waals surface area contributed by atoms with E-state index in [2.05, 4.69) is 25.7 Å². The molecule has 2 nitrogen and oxygen atoms in total. The van der Waals surface area contributed by atoms with E-state index in [1.54, 1.807) is 0 Å². The van der Waals surface area contributed by atoms with Crippen LogP contribution in [0.25, 0.3) is 0 Å². The number of hydrogen-bond acceptors (Lipinski definition) is 2. The van der Waals surface area contributed by atoms with Gasteiger partial charge in [-0.15, -0.1) is 13.2 Å². The highest BCUT2D eigenvalue weighted by atomic mass is 79.9. The van der Waals surface area contributed by atoms with Gasteiger partial charge in [0.15, 0.2) is 5.75 Å². The number of rotatable bonds is 2. The first-order chi connectivity index (χ1) is 7.22. The first kappa shape index (κ1) is 13.4. The molecule has 0 aromatic carbocycles. The molecule has 0 aliphatic carbocycles. The second-order valence-corrected chi connectivity index (χ2v) is 3.64. The van der Waals surface area contributed by atoms with Crippen LogP contribution in [0, 0.1) is 0 Å². The monoisotopic (exact) mass is 325 g/mol. The molecule has 0 N–H and O–H groups in total. The minimum Gasteiger partial charge on any atom is -0.403 e. The van der Waals surface area contributed by atoms with Crippen molar-refractivity contribution in [3.63, 3.8) is 0 Å². The summed E-state index contributed by atoms with van der Waals surface area (Å²) < 4.78 is 63.3. The first-order valence-corrected chi connectivity index (χ1v) is 4.77. The Morgan fingerprint density at radius 3 is 2.38 bits per heavy atom. The molecular formula is C7H2BrClF5NO. The minimum absolute atomic E-state index is 0.570. The fraction of sp³-hybridized carbons (Fsp3) is 0.286. The second-order valence-electron chi connectivity index (χ2n) is 2.49. The predicted octanol–water partition coefficient (Wildman–Crippen LogP) is 4.33. The van der Waals surface area contributed by atoms with E-state index in [0.29, 0.717) is 6.20 Å². The number of nitrogens with zero attached hydrogens (tertiary/aromatic N) is 1. The smallest absolute Gasteiger partial charge is 0.403 e. The van der Waals surface area contributed by atoms with Gasteiger partial charge in [0.25, 0.3) is 6.43 Å².